The lowest BCUT2D eigenvalue weighted by Crippen LogP contribution is -2.14. The van der Waals surface area contributed by atoms with Crippen molar-refractivity contribution in [2.24, 2.45) is 0 Å². The number of rotatable bonds is 2. The van der Waals surface area contributed by atoms with Crippen LogP contribution in [0.1, 0.15) is 17.0 Å². The van der Waals surface area contributed by atoms with E-state index in [1.165, 1.54) is 0 Å². The van der Waals surface area contributed by atoms with Gasteiger partial charge in [0.05, 0.1) is 10.4 Å². The third-order valence-corrected chi connectivity index (χ3v) is 4.00. The Morgan fingerprint density at radius 2 is 2.00 bits per heavy atom. The van der Waals surface area contributed by atoms with E-state index in [-0.39, 0.29) is 17.6 Å². The molecule has 96 valence electrons. The Balaban J connectivity index is 1.91. The summed E-state index contributed by atoms with van der Waals surface area (Å²) in [4.78, 5) is 12.0. The van der Waals surface area contributed by atoms with Gasteiger partial charge in [0, 0.05) is 5.69 Å². The first kappa shape index (κ1) is 12.2. The van der Waals surface area contributed by atoms with E-state index >= 15 is 0 Å². The Bertz CT molecular complexity index is 654. The Morgan fingerprint density at radius 1 is 1.21 bits per heavy atom. The number of anilines is 1. The van der Waals surface area contributed by atoms with E-state index < -0.39 is 0 Å². The maximum Gasteiger partial charge on any atom is 0.232 e. The highest BCUT2D eigenvalue weighted by Gasteiger charge is 2.30. The lowest BCUT2D eigenvalue weighted by Gasteiger charge is -2.09. The van der Waals surface area contributed by atoms with Crippen LogP contribution in [0.4, 0.5) is 5.69 Å². The molecule has 2 aromatic carbocycles. The number of nitrogens with one attached hydrogen (secondary N) is 1. The van der Waals surface area contributed by atoms with Crippen molar-refractivity contribution in [3.8, 4) is 5.75 Å². The van der Waals surface area contributed by atoms with Gasteiger partial charge in [-0.2, -0.15) is 0 Å². The molecule has 0 aliphatic carbocycles. The zero-order valence-corrected chi connectivity index (χ0v) is 11.6. The summed E-state index contributed by atoms with van der Waals surface area (Å²) in [5, 5.41) is 12.4. The van der Waals surface area contributed by atoms with Crippen molar-refractivity contribution in [1.82, 2.24) is 0 Å². The third kappa shape index (κ3) is 2.24. The molecule has 1 aliphatic rings. The van der Waals surface area contributed by atoms with Crippen molar-refractivity contribution in [3.63, 3.8) is 0 Å². The molecular weight excluding hydrogens is 306 g/mol. The highest BCUT2D eigenvalue weighted by atomic mass is 79.9. The number of para-hydroxylation sites is 1. The molecule has 2 N–H and O–H groups in total. The number of halogens is 1. The summed E-state index contributed by atoms with van der Waals surface area (Å²) in [6, 6.07) is 13.1. The molecule has 4 heteroatoms. The van der Waals surface area contributed by atoms with Gasteiger partial charge >= 0.3 is 0 Å². The van der Waals surface area contributed by atoms with Gasteiger partial charge in [0.1, 0.15) is 5.75 Å². The van der Waals surface area contributed by atoms with Crippen molar-refractivity contribution in [1.29, 1.82) is 0 Å². The minimum atomic E-state index is -0.160. The summed E-state index contributed by atoms with van der Waals surface area (Å²) in [6.45, 7) is 0. The average Bonchev–Trinajstić information content (AvgIpc) is 2.71. The second-order valence-electron chi connectivity index (χ2n) is 4.62. The van der Waals surface area contributed by atoms with Crippen molar-refractivity contribution in [2.75, 3.05) is 5.32 Å². The van der Waals surface area contributed by atoms with Gasteiger partial charge in [-0.1, -0.05) is 24.3 Å². The molecule has 2 aromatic rings. The van der Waals surface area contributed by atoms with Crippen LogP contribution in [0.25, 0.3) is 0 Å². The Kier molecular flexibility index (Phi) is 3.03. The van der Waals surface area contributed by atoms with Crippen LogP contribution in [0.15, 0.2) is 46.9 Å². The zero-order valence-electron chi connectivity index (χ0n) is 10.1. The maximum absolute atomic E-state index is 12.0. The van der Waals surface area contributed by atoms with E-state index in [1.54, 1.807) is 6.07 Å². The van der Waals surface area contributed by atoms with Gasteiger partial charge in [-0.15, -0.1) is 0 Å². The van der Waals surface area contributed by atoms with Crippen LogP contribution in [-0.2, 0) is 11.2 Å². The molecule has 1 heterocycles. The summed E-state index contributed by atoms with van der Waals surface area (Å²) in [5.41, 5.74) is 2.95. The standard InChI is InChI=1S/C15H12BrNO2/c16-12-8-9(5-6-14(12)18)7-11-10-3-1-2-4-13(10)17-15(11)19/h1-6,8,11,18H,7H2,(H,17,19)/t11-/m0/s1. The predicted molar refractivity (Wildman–Crippen MR) is 77.3 cm³/mol. The molecule has 0 bridgehead atoms. The number of hydrogen-bond acceptors (Lipinski definition) is 2. The van der Waals surface area contributed by atoms with Crippen LogP contribution in [0.2, 0.25) is 0 Å². The van der Waals surface area contributed by atoms with E-state index in [0.717, 1.165) is 16.8 Å². The summed E-state index contributed by atoms with van der Waals surface area (Å²) in [7, 11) is 0. The Hall–Kier alpha value is -1.81. The number of phenolic OH excluding ortho intramolecular Hbond substituents is 1. The Labute approximate surface area is 119 Å². The maximum atomic E-state index is 12.0. The molecule has 0 fully saturated rings. The SMILES string of the molecule is O=C1Nc2ccccc2[C@@H]1Cc1ccc(O)c(Br)c1. The van der Waals surface area contributed by atoms with Gasteiger partial charge in [0.25, 0.3) is 0 Å². The summed E-state index contributed by atoms with van der Waals surface area (Å²) < 4.78 is 0.650. The van der Waals surface area contributed by atoms with Crippen LogP contribution in [0, 0.1) is 0 Å². The van der Waals surface area contributed by atoms with Crippen molar-refractivity contribution in [2.45, 2.75) is 12.3 Å². The topological polar surface area (TPSA) is 49.3 Å². The van der Waals surface area contributed by atoms with Gasteiger partial charge in [-0.3, -0.25) is 4.79 Å². The summed E-state index contributed by atoms with van der Waals surface area (Å²) in [6.07, 6.45) is 0.627. The number of phenols is 1. The van der Waals surface area contributed by atoms with Crippen LogP contribution < -0.4 is 5.32 Å². The van der Waals surface area contributed by atoms with Crippen LogP contribution >= 0.6 is 15.9 Å². The van der Waals surface area contributed by atoms with E-state index in [9.17, 15) is 9.90 Å². The molecule has 3 nitrogen and oxygen atoms in total. The number of aromatic hydroxyl groups is 1. The number of carbonyl (C=O) groups excluding carboxylic acids is 1. The summed E-state index contributed by atoms with van der Waals surface area (Å²) >= 11 is 3.29. The zero-order chi connectivity index (χ0) is 13.4. The fourth-order valence-corrected chi connectivity index (χ4v) is 2.82. The minimum Gasteiger partial charge on any atom is -0.507 e. The van der Waals surface area contributed by atoms with E-state index in [4.69, 9.17) is 0 Å². The van der Waals surface area contributed by atoms with Gasteiger partial charge in [-0.05, 0) is 51.7 Å². The molecule has 0 saturated heterocycles. The molecule has 0 radical (unpaired) electrons. The normalized spacial score (nSPS) is 17.1. The smallest absolute Gasteiger partial charge is 0.232 e. The first-order valence-electron chi connectivity index (χ1n) is 6.02. The molecule has 1 atom stereocenters. The minimum absolute atomic E-state index is 0.0328. The fourth-order valence-electron chi connectivity index (χ4n) is 2.39. The van der Waals surface area contributed by atoms with Crippen molar-refractivity contribution in [3.05, 3.63) is 58.1 Å². The van der Waals surface area contributed by atoms with Crippen LogP contribution in [-0.4, -0.2) is 11.0 Å². The first-order chi connectivity index (χ1) is 9.15. The lowest BCUT2D eigenvalue weighted by molar-refractivity contribution is -0.117. The van der Waals surface area contributed by atoms with Gasteiger partial charge in [0.15, 0.2) is 0 Å². The van der Waals surface area contributed by atoms with E-state index in [1.807, 2.05) is 36.4 Å². The number of hydrogen-bond donors (Lipinski definition) is 2. The second kappa shape index (κ2) is 4.70. The molecule has 0 saturated carbocycles. The number of fused-ring (bicyclic) bond motifs is 1. The highest BCUT2D eigenvalue weighted by molar-refractivity contribution is 9.10. The molecule has 0 aromatic heterocycles. The molecule has 1 aliphatic heterocycles. The van der Waals surface area contributed by atoms with Gasteiger partial charge in [0.2, 0.25) is 5.91 Å². The first-order valence-corrected chi connectivity index (χ1v) is 6.81. The second-order valence-corrected chi connectivity index (χ2v) is 5.47. The van der Waals surface area contributed by atoms with Gasteiger partial charge < -0.3 is 10.4 Å². The van der Waals surface area contributed by atoms with Crippen LogP contribution in [0.5, 0.6) is 5.75 Å². The fraction of sp³-hybridized carbons (Fsp3) is 0.133. The number of benzene rings is 2. The molecule has 0 unspecified atom stereocenters. The average molecular weight is 318 g/mol. The summed E-state index contributed by atoms with van der Waals surface area (Å²) in [5.74, 6) is 0.0815. The lowest BCUT2D eigenvalue weighted by atomic mass is 9.93. The number of amides is 1. The molecule has 19 heavy (non-hydrogen) atoms. The van der Waals surface area contributed by atoms with Crippen LogP contribution in [0.3, 0.4) is 0 Å². The molecule has 3 rings (SSSR count). The van der Waals surface area contributed by atoms with Crippen molar-refractivity contribution >= 4 is 27.5 Å². The Morgan fingerprint density at radius 3 is 2.79 bits per heavy atom. The molecule has 1 amide bonds. The van der Waals surface area contributed by atoms with E-state index in [0.29, 0.717) is 10.9 Å². The molecule has 0 spiro atoms. The highest BCUT2D eigenvalue weighted by Crippen LogP contribution is 2.35. The molecular formula is C15H12BrNO2. The quantitative estimate of drug-likeness (QED) is 0.891. The van der Waals surface area contributed by atoms with Crippen molar-refractivity contribution < 1.29 is 9.90 Å². The monoisotopic (exact) mass is 317 g/mol. The third-order valence-electron chi connectivity index (χ3n) is 3.36. The van der Waals surface area contributed by atoms with Gasteiger partial charge in [-0.25, -0.2) is 0 Å². The number of carbonyl (C=O) groups is 1. The predicted octanol–water partition coefficient (Wildman–Crippen LogP) is 3.43. The van der Waals surface area contributed by atoms with E-state index in [2.05, 4.69) is 21.2 Å². The largest absolute Gasteiger partial charge is 0.507 e.